The van der Waals surface area contributed by atoms with E-state index >= 15 is 0 Å². The fourth-order valence-corrected chi connectivity index (χ4v) is 4.27. The number of thiophene rings is 1. The highest BCUT2D eigenvalue weighted by Crippen LogP contribution is 2.40. The lowest BCUT2D eigenvalue weighted by atomic mass is 10.1. The minimum atomic E-state index is -0.957. The van der Waals surface area contributed by atoms with Crippen LogP contribution in [0.15, 0.2) is 97.1 Å². The Kier molecular flexibility index (Phi) is 6.06. The van der Waals surface area contributed by atoms with Crippen molar-refractivity contribution in [2.75, 3.05) is 0 Å². The van der Waals surface area contributed by atoms with E-state index in [1.807, 2.05) is 72.8 Å². The summed E-state index contributed by atoms with van der Waals surface area (Å²) < 4.78 is 6.11. The summed E-state index contributed by atoms with van der Waals surface area (Å²) in [4.78, 5) is 13.1. The van der Waals surface area contributed by atoms with Crippen LogP contribution in [-0.2, 0) is 11.4 Å². The first-order valence-electron chi connectivity index (χ1n) is 9.57. The SMILES string of the molecule is O=C(O)/C=C/c1ccccc1-c1ccc(-c2ccccc2OCc2ccccc2)s1. The second-order valence-corrected chi connectivity index (χ2v) is 7.78. The Bertz CT molecular complexity index is 1180. The Labute approximate surface area is 179 Å². The number of para-hydroxylation sites is 1. The molecule has 4 aromatic rings. The topological polar surface area (TPSA) is 46.5 Å². The van der Waals surface area contributed by atoms with Crippen molar-refractivity contribution in [2.24, 2.45) is 0 Å². The third-order valence-electron chi connectivity index (χ3n) is 4.63. The molecule has 0 unspecified atom stereocenters. The molecular weight excluding hydrogens is 392 g/mol. The highest BCUT2D eigenvalue weighted by molar-refractivity contribution is 7.18. The first kappa shape index (κ1) is 19.7. The van der Waals surface area contributed by atoms with Gasteiger partial charge in [-0.25, -0.2) is 4.79 Å². The predicted molar refractivity (Wildman–Crippen MR) is 123 cm³/mol. The molecule has 4 rings (SSSR count). The zero-order valence-electron chi connectivity index (χ0n) is 16.2. The average Bonchev–Trinajstić information content (AvgIpc) is 3.27. The molecule has 0 aliphatic rings. The molecule has 0 saturated heterocycles. The average molecular weight is 413 g/mol. The number of hydrogen-bond acceptors (Lipinski definition) is 3. The summed E-state index contributed by atoms with van der Waals surface area (Å²) in [5.41, 5.74) is 4.05. The summed E-state index contributed by atoms with van der Waals surface area (Å²) in [5.74, 6) is -0.116. The molecule has 0 aliphatic heterocycles. The van der Waals surface area contributed by atoms with Crippen molar-refractivity contribution in [3.63, 3.8) is 0 Å². The van der Waals surface area contributed by atoms with Crippen molar-refractivity contribution >= 4 is 23.4 Å². The van der Waals surface area contributed by atoms with E-state index in [4.69, 9.17) is 9.84 Å². The fraction of sp³-hybridized carbons (Fsp3) is 0.0385. The van der Waals surface area contributed by atoms with E-state index in [9.17, 15) is 4.79 Å². The lowest BCUT2D eigenvalue weighted by Gasteiger charge is -2.10. The highest BCUT2D eigenvalue weighted by atomic mass is 32.1. The van der Waals surface area contributed by atoms with Gasteiger partial charge in [-0.3, -0.25) is 0 Å². The van der Waals surface area contributed by atoms with Gasteiger partial charge in [-0.1, -0.05) is 66.7 Å². The molecule has 0 radical (unpaired) electrons. The fourth-order valence-electron chi connectivity index (χ4n) is 3.19. The first-order chi connectivity index (χ1) is 14.7. The van der Waals surface area contributed by atoms with Gasteiger partial charge < -0.3 is 9.84 Å². The lowest BCUT2D eigenvalue weighted by Crippen LogP contribution is -1.96. The van der Waals surface area contributed by atoms with Crippen LogP contribution in [0.5, 0.6) is 5.75 Å². The van der Waals surface area contributed by atoms with Gasteiger partial charge in [-0.2, -0.15) is 0 Å². The molecule has 0 spiro atoms. The van der Waals surface area contributed by atoms with Crippen LogP contribution in [0.25, 0.3) is 27.0 Å². The maximum absolute atomic E-state index is 10.9. The summed E-state index contributed by atoms with van der Waals surface area (Å²) in [7, 11) is 0. The standard InChI is InChI=1S/C26H20O3S/c27-26(28)17-14-20-10-4-5-11-21(20)24-15-16-25(30-24)22-12-6-7-13-23(22)29-18-19-8-2-1-3-9-19/h1-17H,18H2,(H,27,28)/b17-14+. The van der Waals surface area contributed by atoms with E-state index in [-0.39, 0.29) is 0 Å². The van der Waals surface area contributed by atoms with E-state index in [1.165, 1.54) is 6.08 Å². The number of hydrogen-bond donors (Lipinski definition) is 1. The van der Waals surface area contributed by atoms with Gasteiger partial charge in [0.25, 0.3) is 0 Å². The molecule has 1 heterocycles. The summed E-state index contributed by atoms with van der Waals surface area (Å²) in [6.07, 6.45) is 2.80. The summed E-state index contributed by atoms with van der Waals surface area (Å²) in [6, 6.07) is 30.1. The zero-order chi connectivity index (χ0) is 20.8. The summed E-state index contributed by atoms with van der Waals surface area (Å²) in [5, 5.41) is 8.95. The smallest absolute Gasteiger partial charge is 0.328 e. The minimum absolute atomic E-state index is 0.513. The number of carboxylic acid groups (broad SMARTS) is 1. The number of carbonyl (C=O) groups is 1. The van der Waals surface area contributed by atoms with Crippen LogP contribution >= 0.6 is 11.3 Å². The zero-order valence-corrected chi connectivity index (χ0v) is 17.0. The molecule has 0 aliphatic carbocycles. The summed E-state index contributed by atoms with van der Waals surface area (Å²) >= 11 is 1.66. The van der Waals surface area contributed by atoms with Crippen molar-refractivity contribution in [1.29, 1.82) is 0 Å². The van der Waals surface area contributed by atoms with Gasteiger partial charge in [-0.05, 0) is 47.0 Å². The second-order valence-electron chi connectivity index (χ2n) is 6.69. The Hall–Kier alpha value is -3.63. The summed E-state index contributed by atoms with van der Waals surface area (Å²) in [6.45, 7) is 0.513. The largest absolute Gasteiger partial charge is 0.488 e. The van der Waals surface area contributed by atoms with E-state index in [0.29, 0.717) is 6.61 Å². The van der Waals surface area contributed by atoms with Crippen LogP contribution in [0.1, 0.15) is 11.1 Å². The van der Waals surface area contributed by atoms with E-state index in [2.05, 4.69) is 18.2 Å². The molecule has 30 heavy (non-hydrogen) atoms. The maximum atomic E-state index is 10.9. The van der Waals surface area contributed by atoms with Gasteiger partial charge in [0, 0.05) is 21.4 Å². The van der Waals surface area contributed by atoms with Crippen LogP contribution in [-0.4, -0.2) is 11.1 Å². The molecule has 0 saturated carbocycles. The Morgan fingerprint density at radius 1 is 0.800 bits per heavy atom. The van der Waals surface area contributed by atoms with Crippen molar-refractivity contribution in [3.05, 3.63) is 108 Å². The number of aliphatic carboxylic acids is 1. The third kappa shape index (κ3) is 4.67. The second kappa shape index (κ2) is 9.25. The van der Waals surface area contributed by atoms with E-state index < -0.39 is 5.97 Å². The maximum Gasteiger partial charge on any atom is 0.328 e. The molecule has 0 amide bonds. The Morgan fingerprint density at radius 3 is 2.20 bits per heavy atom. The lowest BCUT2D eigenvalue weighted by molar-refractivity contribution is -0.131. The highest BCUT2D eigenvalue weighted by Gasteiger charge is 2.11. The number of ether oxygens (including phenoxy) is 1. The van der Waals surface area contributed by atoms with Gasteiger partial charge in [0.2, 0.25) is 0 Å². The molecule has 0 atom stereocenters. The Morgan fingerprint density at radius 2 is 1.43 bits per heavy atom. The van der Waals surface area contributed by atoms with Crippen LogP contribution in [0.3, 0.4) is 0 Å². The van der Waals surface area contributed by atoms with Crippen molar-refractivity contribution in [1.82, 2.24) is 0 Å². The molecule has 4 heteroatoms. The third-order valence-corrected chi connectivity index (χ3v) is 5.78. The number of carboxylic acids is 1. The molecule has 3 aromatic carbocycles. The molecule has 0 bridgehead atoms. The quantitative estimate of drug-likeness (QED) is 0.341. The van der Waals surface area contributed by atoms with Crippen molar-refractivity contribution in [2.45, 2.75) is 6.61 Å². The Balaban J connectivity index is 1.62. The van der Waals surface area contributed by atoms with Crippen molar-refractivity contribution in [3.8, 4) is 26.6 Å². The van der Waals surface area contributed by atoms with Crippen LogP contribution < -0.4 is 4.74 Å². The number of benzene rings is 3. The molecular formula is C26H20O3S. The van der Waals surface area contributed by atoms with Crippen LogP contribution in [0.4, 0.5) is 0 Å². The van der Waals surface area contributed by atoms with Gasteiger partial charge in [-0.15, -0.1) is 11.3 Å². The minimum Gasteiger partial charge on any atom is -0.488 e. The molecule has 0 fully saturated rings. The molecule has 1 aromatic heterocycles. The van der Waals surface area contributed by atoms with Gasteiger partial charge in [0.15, 0.2) is 0 Å². The van der Waals surface area contributed by atoms with Crippen LogP contribution in [0, 0.1) is 0 Å². The van der Waals surface area contributed by atoms with Gasteiger partial charge in [0.05, 0.1) is 0 Å². The van der Waals surface area contributed by atoms with Gasteiger partial charge in [0.1, 0.15) is 12.4 Å². The predicted octanol–water partition coefficient (Wildman–Crippen LogP) is 6.76. The van der Waals surface area contributed by atoms with E-state index in [0.717, 1.165) is 37.8 Å². The number of rotatable bonds is 7. The molecule has 148 valence electrons. The van der Waals surface area contributed by atoms with Crippen LogP contribution in [0.2, 0.25) is 0 Å². The molecule has 1 N–H and O–H groups in total. The first-order valence-corrected chi connectivity index (χ1v) is 10.4. The van der Waals surface area contributed by atoms with Crippen molar-refractivity contribution < 1.29 is 14.6 Å². The monoisotopic (exact) mass is 412 g/mol. The van der Waals surface area contributed by atoms with E-state index in [1.54, 1.807) is 17.4 Å². The normalized spacial score (nSPS) is 10.9. The molecule has 3 nitrogen and oxygen atoms in total. The van der Waals surface area contributed by atoms with Gasteiger partial charge >= 0.3 is 5.97 Å².